The molecule has 0 aliphatic heterocycles. The highest BCUT2D eigenvalue weighted by Gasteiger charge is 2.23. The summed E-state index contributed by atoms with van der Waals surface area (Å²) in [5, 5.41) is 5.99. The molecule has 328 valence electrons. The summed E-state index contributed by atoms with van der Waals surface area (Å²) < 4.78 is 11.9. The first-order valence-corrected chi connectivity index (χ1v) is 24.4. The van der Waals surface area contributed by atoms with Crippen LogP contribution in [0.3, 0.4) is 0 Å². The van der Waals surface area contributed by atoms with Crippen molar-refractivity contribution in [2.24, 2.45) is 0 Å². The van der Waals surface area contributed by atoms with E-state index in [2.05, 4.69) is 24.5 Å². The predicted molar refractivity (Wildman–Crippen MR) is 238 cm³/mol. The molecule has 7 heteroatoms. The molecule has 0 bridgehead atoms. The van der Waals surface area contributed by atoms with Crippen LogP contribution in [0.2, 0.25) is 0 Å². The highest BCUT2D eigenvalue weighted by atomic mass is 16.5. The van der Waals surface area contributed by atoms with Crippen molar-refractivity contribution in [1.29, 1.82) is 0 Å². The van der Waals surface area contributed by atoms with Gasteiger partial charge in [-0.05, 0) is 25.7 Å². The second kappa shape index (κ2) is 43.9. The summed E-state index contributed by atoms with van der Waals surface area (Å²) in [4.78, 5) is 25.0. The number of hydrogen-bond donors (Lipinski definition) is 2. The van der Waals surface area contributed by atoms with E-state index in [-0.39, 0.29) is 24.9 Å². The molecule has 0 aromatic carbocycles. The van der Waals surface area contributed by atoms with Gasteiger partial charge in [0.15, 0.2) is 13.1 Å². The third kappa shape index (κ3) is 45.4. The number of carbonyl (C=O) groups excluding carboxylic acids is 2. The van der Waals surface area contributed by atoms with Crippen molar-refractivity contribution in [3.8, 4) is 0 Å². The summed E-state index contributed by atoms with van der Waals surface area (Å²) in [5.41, 5.74) is 0. The van der Waals surface area contributed by atoms with E-state index in [1.807, 2.05) is 14.1 Å². The maximum Gasteiger partial charge on any atom is 0.275 e. The SMILES string of the molecule is CCCCCCCCCCCCCCCCCCOCCCNC(=O)C[N+](C)(C)CC(=O)NCCCOCCCCCCCCCCCCCCCCCC. The molecule has 0 unspecified atom stereocenters. The predicted octanol–water partition coefficient (Wildman–Crippen LogP) is 12.6. The molecule has 0 fully saturated rings. The topological polar surface area (TPSA) is 76.7 Å². The molecule has 0 aromatic heterocycles. The van der Waals surface area contributed by atoms with E-state index in [1.165, 1.54) is 193 Å². The lowest BCUT2D eigenvalue weighted by Gasteiger charge is -2.28. The monoisotopic (exact) mass is 781 g/mol. The van der Waals surface area contributed by atoms with Crippen LogP contribution in [0.15, 0.2) is 0 Å². The lowest BCUT2D eigenvalue weighted by molar-refractivity contribution is -0.874. The number of amides is 2. The largest absolute Gasteiger partial charge is 0.381 e. The van der Waals surface area contributed by atoms with Crippen LogP contribution in [-0.4, -0.2) is 83.0 Å². The van der Waals surface area contributed by atoms with Crippen LogP contribution in [0.1, 0.15) is 232 Å². The third-order valence-corrected chi connectivity index (χ3v) is 11.0. The van der Waals surface area contributed by atoms with Gasteiger partial charge >= 0.3 is 0 Å². The summed E-state index contributed by atoms with van der Waals surface area (Å²) in [6.45, 7) is 9.38. The van der Waals surface area contributed by atoms with E-state index < -0.39 is 0 Å². The van der Waals surface area contributed by atoms with Crippen molar-refractivity contribution in [1.82, 2.24) is 10.6 Å². The zero-order chi connectivity index (χ0) is 40.2. The molecule has 0 aliphatic rings. The third-order valence-electron chi connectivity index (χ3n) is 11.0. The first-order chi connectivity index (χ1) is 26.9. The highest BCUT2D eigenvalue weighted by Crippen LogP contribution is 2.15. The minimum atomic E-state index is -0.0157. The number of unbranched alkanes of at least 4 members (excludes halogenated alkanes) is 30. The number of carbonyl (C=O) groups is 2. The van der Waals surface area contributed by atoms with E-state index in [4.69, 9.17) is 9.47 Å². The van der Waals surface area contributed by atoms with Gasteiger partial charge in [-0.2, -0.15) is 0 Å². The second-order valence-electron chi connectivity index (χ2n) is 17.5. The lowest BCUT2D eigenvalue weighted by atomic mass is 10.0. The number of likely N-dealkylation sites (N-methyl/N-ethyl adjacent to an activating group) is 1. The molecule has 0 radical (unpaired) electrons. The van der Waals surface area contributed by atoms with Crippen molar-refractivity contribution in [2.45, 2.75) is 232 Å². The number of nitrogens with one attached hydrogen (secondary N) is 2. The average molecular weight is 781 g/mol. The first kappa shape index (κ1) is 53.8. The van der Waals surface area contributed by atoms with Crippen molar-refractivity contribution in [3.05, 3.63) is 0 Å². The fourth-order valence-electron chi connectivity index (χ4n) is 7.46. The van der Waals surface area contributed by atoms with Crippen LogP contribution in [-0.2, 0) is 19.1 Å². The van der Waals surface area contributed by atoms with Crippen LogP contribution < -0.4 is 10.6 Å². The number of hydrogen-bond acceptors (Lipinski definition) is 4. The van der Waals surface area contributed by atoms with Crippen LogP contribution in [0, 0.1) is 0 Å². The van der Waals surface area contributed by atoms with Gasteiger partial charge in [0, 0.05) is 39.5 Å². The van der Waals surface area contributed by atoms with Crippen molar-refractivity contribution in [3.63, 3.8) is 0 Å². The smallest absolute Gasteiger partial charge is 0.275 e. The van der Waals surface area contributed by atoms with Gasteiger partial charge in [0.05, 0.1) is 14.1 Å². The van der Waals surface area contributed by atoms with E-state index in [0.29, 0.717) is 30.8 Å². The minimum Gasteiger partial charge on any atom is -0.381 e. The number of ether oxygens (including phenoxy) is 2. The first-order valence-electron chi connectivity index (χ1n) is 24.4. The van der Waals surface area contributed by atoms with Gasteiger partial charge in [-0.15, -0.1) is 0 Å². The lowest BCUT2D eigenvalue weighted by Crippen LogP contribution is -2.52. The Kier molecular flexibility index (Phi) is 43.0. The summed E-state index contributed by atoms with van der Waals surface area (Å²) in [5.74, 6) is -0.0313. The van der Waals surface area contributed by atoms with E-state index in [9.17, 15) is 9.59 Å². The van der Waals surface area contributed by atoms with Crippen LogP contribution in [0.4, 0.5) is 0 Å². The van der Waals surface area contributed by atoms with Gasteiger partial charge in [-0.25, -0.2) is 0 Å². The fraction of sp³-hybridized carbons (Fsp3) is 0.958. The molecule has 7 nitrogen and oxygen atoms in total. The molecule has 2 amide bonds. The molecule has 0 aliphatic carbocycles. The zero-order valence-electron chi connectivity index (χ0n) is 37.8. The summed E-state index contributed by atoms with van der Waals surface area (Å²) in [7, 11) is 3.86. The summed E-state index contributed by atoms with van der Waals surface area (Å²) >= 11 is 0. The van der Waals surface area contributed by atoms with Gasteiger partial charge in [0.1, 0.15) is 0 Å². The molecule has 2 N–H and O–H groups in total. The quantitative estimate of drug-likeness (QED) is 0.0476. The Morgan fingerprint density at radius 1 is 0.345 bits per heavy atom. The maximum absolute atomic E-state index is 12.5. The Morgan fingerprint density at radius 2 is 0.564 bits per heavy atom. The summed E-state index contributed by atoms with van der Waals surface area (Å²) in [6.07, 6.45) is 45.8. The van der Waals surface area contributed by atoms with Crippen molar-refractivity contribution < 1.29 is 23.5 Å². The Bertz CT molecular complexity index is 731. The van der Waals surface area contributed by atoms with E-state index >= 15 is 0 Å². The van der Waals surface area contributed by atoms with Gasteiger partial charge in [0.25, 0.3) is 11.8 Å². The van der Waals surface area contributed by atoms with Crippen molar-refractivity contribution in [2.75, 3.05) is 66.7 Å². The van der Waals surface area contributed by atoms with E-state index in [0.717, 1.165) is 38.9 Å². The van der Waals surface area contributed by atoms with Gasteiger partial charge in [-0.3, -0.25) is 9.59 Å². The minimum absolute atomic E-state index is 0.0157. The van der Waals surface area contributed by atoms with Crippen LogP contribution >= 0.6 is 0 Å². The van der Waals surface area contributed by atoms with Crippen molar-refractivity contribution >= 4 is 11.8 Å². The van der Waals surface area contributed by atoms with Gasteiger partial charge in [-0.1, -0.05) is 206 Å². The van der Waals surface area contributed by atoms with Crippen LogP contribution in [0.25, 0.3) is 0 Å². The van der Waals surface area contributed by atoms with Gasteiger partial charge in [0.2, 0.25) is 0 Å². The number of nitrogens with zero attached hydrogens (tertiary/aromatic N) is 1. The molecule has 0 heterocycles. The Morgan fingerprint density at radius 3 is 0.818 bits per heavy atom. The molecule has 0 saturated heterocycles. The van der Waals surface area contributed by atoms with Crippen LogP contribution in [0.5, 0.6) is 0 Å². The number of quaternary nitrogens is 1. The Labute approximate surface area is 344 Å². The molecular weight excluding hydrogens is 683 g/mol. The Balaban J connectivity index is 3.44. The standard InChI is InChI=1S/C48H97N3O4/c1-5-7-9-11-13-15-17-19-21-23-25-27-29-31-33-35-41-54-43-37-39-49-47(52)45-51(3,4)46-48(53)50-40-38-44-55-42-36-34-32-30-28-26-24-22-20-18-16-14-12-10-8-6-2/h5-46H2,1-4H3,(H-,49,50,52,53)/p+1. The fourth-order valence-corrected chi connectivity index (χ4v) is 7.46. The normalized spacial score (nSPS) is 11.7. The maximum atomic E-state index is 12.5. The summed E-state index contributed by atoms with van der Waals surface area (Å²) in [6, 6.07) is 0. The molecule has 55 heavy (non-hydrogen) atoms. The molecule has 0 rings (SSSR count). The zero-order valence-corrected chi connectivity index (χ0v) is 37.8. The average Bonchev–Trinajstić information content (AvgIpc) is 3.15. The molecule has 0 saturated carbocycles. The molecule has 0 atom stereocenters. The molecular formula is C48H98N3O4+. The van der Waals surface area contributed by atoms with E-state index in [1.54, 1.807) is 0 Å². The van der Waals surface area contributed by atoms with Gasteiger partial charge < -0.3 is 24.6 Å². The Hall–Kier alpha value is -1.18. The highest BCUT2D eigenvalue weighted by molar-refractivity contribution is 5.79. The molecule has 0 aromatic rings. The molecule has 0 spiro atoms. The number of rotatable bonds is 46. The second-order valence-corrected chi connectivity index (χ2v) is 17.5.